The second-order valence-electron chi connectivity index (χ2n) is 1.40. The van der Waals surface area contributed by atoms with Crippen LogP contribution >= 0.6 is 11.6 Å². The van der Waals surface area contributed by atoms with Crippen LogP contribution in [0.3, 0.4) is 0 Å². The van der Waals surface area contributed by atoms with Crippen LogP contribution in [0, 0.1) is 0 Å². The van der Waals surface area contributed by atoms with E-state index < -0.39 is 0 Å². The van der Waals surface area contributed by atoms with Gasteiger partial charge in [-0.3, -0.25) is 4.98 Å². The number of halogens is 1. The number of nitrogens with zero attached hydrogens (tertiary/aromatic N) is 1. The van der Waals surface area contributed by atoms with E-state index in [1.165, 1.54) is 0 Å². The highest BCUT2D eigenvalue weighted by molar-refractivity contribution is 6.35. The zero-order chi connectivity index (χ0) is 7.98. The summed E-state index contributed by atoms with van der Waals surface area (Å²) in [7, 11) is 5.26. The summed E-state index contributed by atoms with van der Waals surface area (Å²) >= 11 is 5.52. The van der Waals surface area contributed by atoms with Crippen LogP contribution in [0.1, 0.15) is 13.8 Å². The van der Waals surface area contributed by atoms with Crippen LogP contribution in [0.25, 0.3) is 0 Å². The van der Waals surface area contributed by atoms with E-state index in [9.17, 15) is 0 Å². The first-order chi connectivity index (χ1) is 4.79. The predicted octanol–water partition coefficient (Wildman–Crippen LogP) is 1.55. The van der Waals surface area contributed by atoms with Crippen LogP contribution in [-0.2, 0) is 0 Å². The summed E-state index contributed by atoms with van der Waals surface area (Å²) in [6, 6.07) is 3.28. The minimum atomic E-state index is 0.456. The van der Waals surface area contributed by atoms with Gasteiger partial charge in [-0.05, 0) is 17.7 Å². The second-order valence-corrected chi connectivity index (χ2v) is 1.84. The van der Waals surface area contributed by atoms with Crippen molar-refractivity contribution in [1.29, 1.82) is 0 Å². The molecule has 1 aromatic rings. The van der Waals surface area contributed by atoms with Crippen molar-refractivity contribution in [1.82, 2.24) is 4.98 Å². The van der Waals surface area contributed by atoms with Crippen LogP contribution < -0.4 is 5.59 Å². The van der Waals surface area contributed by atoms with Gasteiger partial charge in [-0.2, -0.15) is 0 Å². The minimum absolute atomic E-state index is 0.456. The monoisotopic (exact) mass is 153 g/mol. The average molecular weight is 153 g/mol. The molecule has 1 heterocycles. The molecule has 0 saturated heterocycles. The molecular weight excluding hydrogens is 144 g/mol. The smallest absolute Gasteiger partial charge is 0.141 e. The molecule has 0 spiro atoms. The number of rotatable bonds is 0. The second kappa shape index (κ2) is 5.30. The van der Waals surface area contributed by atoms with Gasteiger partial charge in [-0.1, -0.05) is 25.4 Å². The molecule has 0 amide bonds. The summed E-state index contributed by atoms with van der Waals surface area (Å²) in [6.45, 7) is 4.00. The Morgan fingerprint density at radius 1 is 1.50 bits per heavy atom. The van der Waals surface area contributed by atoms with Crippen molar-refractivity contribution in [3.8, 4) is 0 Å². The highest BCUT2D eigenvalue weighted by atomic mass is 35.5. The molecule has 0 aromatic carbocycles. The van der Waals surface area contributed by atoms with Gasteiger partial charge < -0.3 is 0 Å². The Labute approximate surface area is 67.8 Å². The van der Waals surface area contributed by atoms with Crippen molar-refractivity contribution < 1.29 is 0 Å². The van der Waals surface area contributed by atoms with Crippen molar-refractivity contribution in [3.05, 3.63) is 23.4 Å². The molecule has 0 aliphatic rings. The fraction of sp³-hybridized carbons (Fsp3) is 0.286. The van der Waals surface area contributed by atoms with Gasteiger partial charge >= 0.3 is 0 Å². The molecule has 52 valence electrons. The van der Waals surface area contributed by atoms with Crippen molar-refractivity contribution in [2.24, 2.45) is 0 Å². The zero-order valence-corrected chi connectivity index (χ0v) is 6.89. The van der Waals surface area contributed by atoms with Crippen LogP contribution in [0.4, 0.5) is 0 Å². The van der Waals surface area contributed by atoms with E-state index in [0.717, 1.165) is 0 Å². The van der Waals surface area contributed by atoms with Gasteiger partial charge in [0.05, 0.1) is 0 Å². The number of hydrogen-bond acceptors (Lipinski definition) is 1. The topological polar surface area (TPSA) is 12.9 Å². The number of pyridine rings is 1. The molecule has 1 rings (SSSR count). The van der Waals surface area contributed by atoms with Crippen molar-refractivity contribution >= 4 is 25.0 Å². The highest BCUT2D eigenvalue weighted by Gasteiger charge is 1.83. The maximum Gasteiger partial charge on any atom is 0.141 e. The molecular formula is C7H9BClN. The van der Waals surface area contributed by atoms with E-state index >= 15 is 0 Å². The third-order valence-electron chi connectivity index (χ3n) is 0.743. The molecule has 0 fully saturated rings. The summed E-state index contributed by atoms with van der Waals surface area (Å²) in [4.78, 5) is 3.73. The van der Waals surface area contributed by atoms with E-state index in [1.54, 1.807) is 18.3 Å². The lowest BCUT2D eigenvalue weighted by atomic mass is 10.0. The standard InChI is InChI=1S/C5H3BClN.C2H6/c6-5-3-4(7)1-2-8-5;1-2/h1-3H;1-2H3. The first-order valence-electron chi connectivity index (χ1n) is 3.16. The number of aromatic nitrogens is 1. The first kappa shape index (κ1) is 9.50. The van der Waals surface area contributed by atoms with E-state index in [2.05, 4.69) is 4.98 Å². The Hall–Kier alpha value is -0.495. The molecule has 2 radical (unpaired) electrons. The molecule has 0 saturated carbocycles. The third kappa shape index (κ3) is 3.52. The predicted molar refractivity (Wildman–Crippen MR) is 46.0 cm³/mol. The van der Waals surface area contributed by atoms with Crippen molar-refractivity contribution in [2.75, 3.05) is 0 Å². The number of hydrogen-bond donors (Lipinski definition) is 0. The van der Waals surface area contributed by atoms with Crippen LogP contribution in [-0.4, -0.2) is 12.8 Å². The van der Waals surface area contributed by atoms with E-state index in [0.29, 0.717) is 10.6 Å². The minimum Gasteiger partial charge on any atom is -0.273 e. The molecule has 0 aliphatic carbocycles. The maximum atomic E-state index is 5.52. The van der Waals surface area contributed by atoms with Gasteiger partial charge in [0.15, 0.2) is 0 Å². The molecule has 10 heavy (non-hydrogen) atoms. The molecule has 1 nitrogen and oxygen atoms in total. The molecule has 1 aromatic heterocycles. The van der Waals surface area contributed by atoms with Crippen molar-refractivity contribution in [2.45, 2.75) is 13.8 Å². The summed E-state index contributed by atoms with van der Waals surface area (Å²) < 4.78 is 0. The van der Waals surface area contributed by atoms with Crippen molar-refractivity contribution in [3.63, 3.8) is 0 Å². The lowest BCUT2D eigenvalue weighted by Gasteiger charge is -1.88. The Kier molecular flexibility index (Phi) is 5.04. The quantitative estimate of drug-likeness (QED) is 0.516. The Balaban J connectivity index is 0.000000371. The summed E-state index contributed by atoms with van der Waals surface area (Å²) in [6.07, 6.45) is 1.57. The molecule has 0 N–H and O–H groups in total. The summed E-state index contributed by atoms with van der Waals surface area (Å²) in [5.41, 5.74) is 0.456. The normalized spacial score (nSPS) is 7.90. The fourth-order valence-electron chi connectivity index (χ4n) is 0.421. The van der Waals surface area contributed by atoms with Gasteiger partial charge in [-0.15, -0.1) is 0 Å². The Bertz CT molecular complexity index is 173. The van der Waals surface area contributed by atoms with Crippen LogP contribution in [0.5, 0.6) is 0 Å². The Morgan fingerprint density at radius 2 is 2.10 bits per heavy atom. The summed E-state index contributed by atoms with van der Waals surface area (Å²) in [5, 5.41) is 0.623. The largest absolute Gasteiger partial charge is 0.273 e. The lowest BCUT2D eigenvalue weighted by Crippen LogP contribution is -2.05. The van der Waals surface area contributed by atoms with E-state index in [4.69, 9.17) is 19.4 Å². The van der Waals surface area contributed by atoms with Gasteiger partial charge in [0.1, 0.15) is 7.85 Å². The fourth-order valence-corrected chi connectivity index (χ4v) is 0.589. The van der Waals surface area contributed by atoms with Gasteiger partial charge in [-0.25, -0.2) is 0 Å². The van der Waals surface area contributed by atoms with Crippen LogP contribution in [0.2, 0.25) is 5.02 Å². The molecule has 3 heteroatoms. The molecule has 0 aliphatic heterocycles. The van der Waals surface area contributed by atoms with E-state index in [1.807, 2.05) is 13.8 Å². The average Bonchev–Trinajstić information content (AvgIpc) is 1.91. The SMILES string of the molecule is CC.[B]c1cc(Cl)ccn1. The maximum absolute atomic E-state index is 5.52. The van der Waals surface area contributed by atoms with Crippen LogP contribution in [0.15, 0.2) is 18.3 Å². The van der Waals surface area contributed by atoms with Gasteiger partial charge in [0.2, 0.25) is 0 Å². The third-order valence-corrected chi connectivity index (χ3v) is 0.978. The Morgan fingerprint density at radius 3 is 2.40 bits per heavy atom. The molecule has 0 bridgehead atoms. The van der Waals surface area contributed by atoms with Gasteiger partial charge in [0, 0.05) is 11.2 Å². The first-order valence-corrected chi connectivity index (χ1v) is 3.54. The molecule has 0 unspecified atom stereocenters. The highest BCUT2D eigenvalue weighted by Crippen LogP contribution is 2.00. The molecule has 0 atom stereocenters. The zero-order valence-electron chi connectivity index (χ0n) is 6.13. The van der Waals surface area contributed by atoms with E-state index in [-0.39, 0.29) is 0 Å². The van der Waals surface area contributed by atoms with Gasteiger partial charge in [0.25, 0.3) is 0 Å². The summed E-state index contributed by atoms with van der Waals surface area (Å²) in [5.74, 6) is 0. The lowest BCUT2D eigenvalue weighted by molar-refractivity contribution is 1.39.